The molecule has 1 N–H and O–H groups in total. The average Bonchev–Trinajstić information content (AvgIpc) is 3.02. The molecule has 1 saturated heterocycles. The van der Waals surface area contributed by atoms with E-state index >= 15 is 0 Å². The van der Waals surface area contributed by atoms with Gasteiger partial charge in [-0.05, 0) is 30.3 Å². The van der Waals surface area contributed by atoms with Gasteiger partial charge in [0, 0.05) is 11.8 Å². The Morgan fingerprint density at radius 1 is 1.15 bits per heavy atom. The Hall–Kier alpha value is -2.94. The third kappa shape index (κ3) is 3.77. The first-order valence-corrected chi connectivity index (χ1v) is 8.37. The summed E-state index contributed by atoms with van der Waals surface area (Å²) >= 11 is 0. The van der Waals surface area contributed by atoms with Crippen molar-refractivity contribution < 1.29 is 17.9 Å². The van der Waals surface area contributed by atoms with Crippen LogP contribution in [0.4, 0.5) is 19.1 Å². The molecule has 0 unspecified atom stereocenters. The van der Waals surface area contributed by atoms with Crippen molar-refractivity contribution in [1.82, 2.24) is 19.5 Å². The molecule has 0 amide bonds. The first-order chi connectivity index (χ1) is 13.1. The monoisotopic (exact) mass is 375 g/mol. The molecule has 0 bridgehead atoms. The molecular weight excluding hydrogens is 359 g/mol. The fraction of sp³-hybridized carbons (Fsp3) is 0.278. The molecule has 0 atom stereocenters. The summed E-state index contributed by atoms with van der Waals surface area (Å²) in [4.78, 5) is 12.9. The number of imidazole rings is 1. The van der Waals surface area contributed by atoms with Crippen molar-refractivity contribution in [3.63, 3.8) is 0 Å². The Morgan fingerprint density at radius 3 is 2.59 bits per heavy atom. The van der Waals surface area contributed by atoms with Gasteiger partial charge in [-0.25, -0.2) is 28.1 Å². The second-order valence-electron chi connectivity index (χ2n) is 6.14. The van der Waals surface area contributed by atoms with E-state index < -0.39 is 13.0 Å². The summed E-state index contributed by atoms with van der Waals surface area (Å²) in [7, 11) is 0. The Labute approximate surface area is 153 Å². The van der Waals surface area contributed by atoms with Gasteiger partial charge in [-0.1, -0.05) is 0 Å². The molecule has 1 aliphatic heterocycles. The van der Waals surface area contributed by atoms with Crippen LogP contribution in [0.15, 0.2) is 42.9 Å². The Balaban J connectivity index is 1.76. The molecular formula is C18H16F3N5O. The number of anilines is 1. The summed E-state index contributed by atoms with van der Waals surface area (Å²) in [6, 6.07) is 7.47. The van der Waals surface area contributed by atoms with E-state index in [2.05, 4.69) is 20.3 Å². The van der Waals surface area contributed by atoms with Gasteiger partial charge in [-0.15, -0.1) is 0 Å². The van der Waals surface area contributed by atoms with Crippen molar-refractivity contribution in [2.75, 3.05) is 18.5 Å². The summed E-state index contributed by atoms with van der Waals surface area (Å²) in [5.41, 5.74) is 1.94. The van der Waals surface area contributed by atoms with Crippen LogP contribution in [-0.2, 0) is 11.3 Å². The molecule has 140 valence electrons. The zero-order valence-corrected chi connectivity index (χ0v) is 14.1. The number of nitrogens with one attached hydrogen (secondary N) is 1. The smallest absolute Gasteiger partial charge is 0.256 e. The molecule has 1 fully saturated rings. The molecule has 3 heterocycles. The Kier molecular flexibility index (Phi) is 4.76. The lowest BCUT2D eigenvalue weighted by atomic mass is 10.1. The second-order valence-corrected chi connectivity index (χ2v) is 6.14. The van der Waals surface area contributed by atoms with E-state index in [1.54, 1.807) is 24.4 Å². The minimum atomic E-state index is -2.55. The van der Waals surface area contributed by atoms with Gasteiger partial charge in [0.1, 0.15) is 5.82 Å². The van der Waals surface area contributed by atoms with Gasteiger partial charge < -0.3 is 14.6 Å². The quantitative estimate of drug-likeness (QED) is 0.717. The molecule has 6 nitrogen and oxygen atoms in total. The second kappa shape index (κ2) is 7.36. The average molecular weight is 375 g/mol. The summed E-state index contributed by atoms with van der Waals surface area (Å²) < 4.78 is 45.8. The largest absolute Gasteiger partial charge is 0.377 e. The van der Waals surface area contributed by atoms with E-state index in [0.29, 0.717) is 41.8 Å². The molecule has 27 heavy (non-hydrogen) atoms. The Bertz CT molecular complexity index is 925. The number of halogens is 3. The van der Waals surface area contributed by atoms with E-state index in [1.807, 2.05) is 0 Å². The van der Waals surface area contributed by atoms with E-state index in [0.717, 1.165) is 0 Å². The standard InChI is InChI=1S/C18H16F3N5O/c19-12-3-1-11(2-4-12)16-17(26(10-23-16)7-15(20)21)14-5-6-22-18(25-14)24-13-8-27-9-13/h1-6,10,13,15H,7-9H2,(H,22,24,25). The van der Waals surface area contributed by atoms with Crippen molar-refractivity contribution in [3.8, 4) is 22.6 Å². The predicted octanol–water partition coefficient (Wildman–Crippen LogP) is 3.22. The molecule has 0 radical (unpaired) electrons. The minimum absolute atomic E-state index is 0.128. The molecule has 1 aromatic carbocycles. The Morgan fingerprint density at radius 2 is 1.93 bits per heavy atom. The number of hydrogen-bond acceptors (Lipinski definition) is 5. The van der Waals surface area contributed by atoms with Crippen LogP contribution in [0.2, 0.25) is 0 Å². The number of nitrogens with zero attached hydrogens (tertiary/aromatic N) is 4. The number of alkyl halides is 2. The highest BCUT2D eigenvalue weighted by Gasteiger charge is 2.21. The van der Waals surface area contributed by atoms with Crippen molar-refractivity contribution in [1.29, 1.82) is 0 Å². The van der Waals surface area contributed by atoms with Gasteiger partial charge in [0.15, 0.2) is 0 Å². The van der Waals surface area contributed by atoms with Crippen LogP contribution in [0.1, 0.15) is 0 Å². The lowest BCUT2D eigenvalue weighted by Gasteiger charge is -2.26. The maximum absolute atomic E-state index is 13.3. The summed E-state index contributed by atoms with van der Waals surface area (Å²) in [5.74, 6) is -0.000735. The summed E-state index contributed by atoms with van der Waals surface area (Å²) in [5, 5.41) is 3.13. The molecule has 0 aliphatic carbocycles. The summed E-state index contributed by atoms with van der Waals surface area (Å²) in [6.07, 6.45) is 0.346. The van der Waals surface area contributed by atoms with Crippen molar-refractivity contribution in [3.05, 3.63) is 48.7 Å². The van der Waals surface area contributed by atoms with Crippen LogP contribution in [0, 0.1) is 5.82 Å². The van der Waals surface area contributed by atoms with Crippen LogP contribution in [0.5, 0.6) is 0 Å². The highest BCUT2D eigenvalue weighted by molar-refractivity contribution is 5.77. The highest BCUT2D eigenvalue weighted by Crippen LogP contribution is 2.31. The molecule has 3 aromatic rings. The van der Waals surface area contributed by atoms with Gasteiger partial charge in [0.05, 0.1) is 49.2 Å². The third-order valence-corrected chi connectivity index (χ3v) is 4.16. The summed E-state index contributed by atoms with van der Waals surface area (Å²) in [6.45, 7) is 0.613. The highest BCUT2D eigenvalue weighted by atomic mass is 19.3. The normalized spacial score (nSPS) is 14.4. The van der Waals surface area contributed by atoms with E-state index in [-0.39, 0.29) is 11.9 Å². The zero-order chi connectivity index (χ0) is 18.8. The number of ether oxygens (including phenoxy) is 1. The van der Waals surface area contributed by atoms with Gasteiger partial charge in [-0.3, -0.25) is 0 Å². The predicted molar refractivity (Wildman–Crippen MR) is 92.9 cm³/mol. The lowest BCUT2D eigenvalue weighted by Crippen LogP contribution is -2.40. The molecule has 9 heteroatoms. The SMILES string of the molecule is Fc1ccc(-c2ncn(CC(F)F)c2-c2ccnc(NC3COC3)n2)cc1. The fourth-order valence-corrected chi connectivity index (χ4v) is 2.82. The van der Waals surface area contributed by atoms with E-state index in [4.69, 9.17) is 4.74 Å². The van der Waals surface area contributed by atoms with Crippen LogP contribution in [-0.4, -0.2) is 45.2 Å². The van der Waals surface area contributed by atoms with E-state index in [1.165, 1.54) is 23.0 Å². The van der Waals surface area contributed by atoms with Gasteiger partial charge in [0.25, 0.3) is 6.43 Å². The van der Waals surface area contributed by atoms with Crippen LogP contribution >= 0.6 is 0 Å². The van der Waals surface area contributed by atoms with Crippen molar-refractivity contribution >= 4 is 5.95 Å². The van der Waals surface area contributed by atoms with Crippen LogP contribution in [0.3, 0.4) is 0 Å². The lowest BCUT2D eigenvalue weighted by molar-refractivity contribution is 0.0208. The van der Waals surface area contributed by atoms with Crippen molar-refractivity contribution in [2.45, 2.75) is 19.0 Å². The molecule has 0 spiro atoms. The fourth-order valence-electron chi connectivity index (χ4n) is 2.82. The van der Waals surface area contributed by atoms with Crippen LogP contribution < -0.4 is 5.32 Å². The number of benzene rings is 1. The topological polar surface area (TPSA) is 64.9 Å². The number of rotatable bonds is 6. The molecule has 0 saturated carbocycles. The minimum Gasteiger partial charge on any atom is -0.377 e. The van der Waals surface area contributed by atoms with Gasteiger partial charge >= 0.3 is 0 Å². The molecule has 2 aromatic heterocycles. The maximum Gasteiger partial charge on any atom is 0.256 e. The first-order valence-electron chi connectivity index (χ1n) is 8.37. The first kappa shape index (κ1) is 17.5. The van der Waals surface area contributed by atoms with Gasteiger partial charge in [-0.2, -0.15) is 0 Å². The van der Waals surface area contributed by atoms with Crippen molar-refractivity contribution in [2.24, 2.45) is 0 Å². The number of hydrogen-bond donors (Lipinski definition) is 1. The molecule has 4 rings (SSSR count). The van der Waals surface area contributed by atoms with Gasteiger partial charge in [0.2, 0.25) is 5.95 Å². The third-order valence-electron chi connectivity index (χ3n) is 4.16. The van der Waals surface area contributed by atoms with Crippen LogP contribution in [0.25, 0.3) is 22.6 Å². The maximum atomic E-state index is 13.3. The molecule has 1 aliphatic rings. The zero-order valence-electron chi connectivity index (χ0n) is 14.1. The van der Waals surface area contributed by atoms with E-state index in [9.17, 15) is 13.2 Å². The number of aromatic nitrogens is 4.